The molecule has 132 valence electrons. The van der Waals surface area contributed by atoms with Gasteiger partial charge in [0.15, 0.2) is 0 Å². The van der Waals surface area contributed by atoms with Gasteiger partial charge in [0.2, 0.25) is 0 Å². The fourth-order valence-electron chi connectivity index (χ4n) is 3.09. The SMILES string of the molecule is O=C1c2ccccc2C(=O)N1C[C@H]1CN(c2ccc(I)c(F)c2)C(=O)O1. The van der Waals surface area contributed by atoms with Crippen molar-refractivity contribution in [3.8, 4) is 0 Å². The van der Waals surface area contributed by atoms with Crippen LogP contribution in [0.2, 0.25) is 0 Å². The van der Waals surface area contributed by atoms with E-state index in [1.807, 2.05) is 22.6 Å². The molecule has 0 spiro atoms. The van der Waals surface area contributed by atoms with Gasteiger partial charge in [-0.15, -0.1) is 0 Å². The number of imide groups is 1. The van der Waals surface area contributed by atoms with Crippen molar-refractivity contribution >= 4 is 46.2 Å². The van der Waals surface area contributed by atoms with E-state index in [2.05, 4.69) is 0 Å². The average molecular weight is 466 g/mol. The first-order chi connectivity index (χ1) is 12.5. The molecule has 1 saturated heterocycles. The van der Waals surface area contributed by atoms with E-state index >= 15 is 0 Å². The maximum atomic E-state index is 13.8. The van der Waals surface area contributed by atoms with Crippen molar-refractivity contribution in [1.29, 1.82) is 0 Å². The first kappa shape index (κ1) is 17.0. The minimum absolute atomic E-state index is 0.0402. The largest absolute Gasteiger partial charge is 0.442 e. The lowest BCUT2D eigenvalue weighted by molar-refractivity contribution is 0.0558. The number of anilines is 1. The molecule has 0 bridgehead atoms. The number of nitrogens with zero attached hydrogens (tertiary/aromatic N) is 2. The first-order valence-corrected chi connectivity index (χ1v) is 8.92. The molecule has 0 radical (unpaired) electrons. The first-order valence-electron chi connectivity index (χ1n) is 7.84. The van der Waals surface area contributed by atoms with Gasteiger partial charge >= 0.3 is 6.09 Å². The van der Waals surface area contributed by atoms with E-state index in [-0.39, 0.29) is 13.1 Å². The second-order valence-corrected chi connectivity index (χ2v) is 7.14. The number of benzene rings is 2. The predicted octanol–water partition coefficient (Wildman–Crippen LogP) is 3.05. The number of hydrogen-bond acceptors (Lipinski definition) is 4. The lowest BCUT2D eigenvalue weighted by Crippen LogP contribution is -2.38. The van der Waals surface area contributed by atoms with Crippen molar-refractivity contribution < 1.29 is 23.5 Å². The van der Waals surface area contributed by atoms with Crippen molar-refractivity contribution in [2.45, 2.75) is 6.10 Å². The number of cyclic esters (lactones) is 1. The van der Waals surface area contributed by atoms with Crippen LogP contribution >= 0.6 is 22.6 Å². The zero-order chi connectivity index (χ0) is 18.4. The number of fused-ring (bicyclic) bond motifs is 1. The summed E-state index contributed by atoms with van der Waals surface area (Å²) in [4.78, 5) is 39.3. The molecule has 0 aromatic heterocycles. The van der Waals surface area contributed by atoms with Crippen LogP contribution in [0.15, 0.2) is 42.5 Å². The molecule has 2 aliphatic rings. The number of ether oxygens (including phenoxy) is 1. The van der Waals surface area contributed by atoms with Gasteiger partial charge in [-0.3, -0.25) is 19.4 Å². The summed E-state index contributed by atoms with van der Waals surface area (Å²) < 4.78 is 19.5. The van der Waals surface area contributed by atoms with Gasteiger partial charge in [0.05, 0.1) is 29.9 Å². The summed E-state index contributed by atoms with van der Waals surface area (Å²) in [5, 5.41) is 0. The molecule has 1 fully saturated rings. The van der Waals surface area contributed by atoms with Crippen LogP contribution in [-0.2, 0) is 4.74 Å². The lowest BCUT2D eigenvalue weighted by Gasteiger charge is -2.17. The average Bonchev–Trinajstić information content (AvgIpc) is 3.11. The summed E-state index contributed by atoms with van der Waals surface area (Å²) in [6, 6.07) is 11.0. The Morgan fingerprint density at radius 3 is 2.35 bits per heavy atom. The molecule has 2 heterocycles. The van der Waals surface area contributed by atoms with E-state index in [9.17, 15) is 18.8 Å². The van der Waals surface area contributed by atoms with E-state index in [1.165, 1.54) is 11.0 Å². The van der Waals surface area contributed by atoms with Gasteiger partial charge in [-0.05, 0) is 52.9 Å². The molecule has 6 nitrogen and oxygen atoms in total. The topological polar surface area (TPSA) is 66.9 Å². The lowest BCUT2D eigenvalue weighted by atomic mass is 10.1. The molecule has 2 aliphatic heterocycles. The fraction of sp³-hybridized carbons (Fsp3) is 0.167. The Morgan fingerprint density at radius 2 is 1.73 bits per heavy atom. The number of halogens is 2. The van der Waals surface area contributed by atoms with Crippen molar-refractivity contribution in [3.05, 3.63) is 63.0 Å². The third kappa shape index (κ3) is 2.74. The van der Waals surface area contributed by atoms with Crippen molar-refractivity contribution in [1.82, 2.24) is 4.90 Å². The number of carbonyl (C=O) groups excluding carboxylic acids is 3. The van der Waals surface area contributed by atoms with Crippen LogP contribution in [0, 0.1) is 9.39 Å². The molecule has 0 aliphatic carbocycles. The smallest absolute Gasteiger partial charge is 0.414 e. The van der Waals surface area contributed by atoms with E-state index in [0.717, 1.165) is 4.90 Å². The van der Waals surface area contributed by atoms with E-state index in [1.54, 1.807) is 36.4 Å². The second-order valence-electron chi connectivity index (χ2n) is 5.98. The van der Waals surface area contributed by atoms with Crippen LogP contribution in [0.25, 0.3) is 0 Å². The van der Waals surface area contributed by atoms with Crippen LogP contribution < -0.4 is 4.90 Å². The summed E-state index contributed by atoms with van der Waals surface area (Å²) in [7, 11) is 0. The van der Waals surface area contributed by atoms with Gasteiger partial charge in [-0.1, -0.05) is 12.1 Å². The van der Waals surface area contributed by atoms with Crippen LogP contribution in [0.3, 0.4) is 0 Å². The molecule has 0 saturated carbocycles. The molecule has 2 aromatic rings. The van der Waals surface area contributed by atoms with Gasteiger partial charge in [0, 0.05) is 3.57 Å². The molecule has 1 atom stereocenters. The van der Waals surface area contributed by atoms with Crippen molar-refractivity contribution in [2.24, 2.45) is 0 Å². The highest BCUT2D eigenvalue weighted by molar-refractivity contribution is 14.1. The van der Waals surface area contributed by atoms with Gasteiger partial charge in [-0.25, -0.2) is 9.18 Å². The van der Waals surface area contributed by atoms with Gasteiger partial charge in [0.25, 0.3) is 11.8 Å². The third-order valence-electron chi connectivity index (χ3n) is 4.35. The molecule has 0 unspecified atom stereocenters. The Morgan fingerprint density at radius 1 is 1.08 bits per heavy atom. The van der Waals surface area contributed by atoms with E-state index in [0.29, 0.717) is 20.4 Å². The molecule has 26 heavy (non-hydrogen) atoms. The second kappa shape index (κ2) is 6.35. The molecule has 0 N–H and O–H groups in total. The van der Waals surface area contributed by atoms with Crippen LogP contribution in [0.4, 0.5) is 14.9 Å². The van der Waals surface area contributed by atoms with Crippen LogP contribution in [0.1, 0.15) is 20.7 Å². The van der Waals surface area contributed by atoms with Gasteiger partial charge in [0.1, 0.15) is 11.9 Å². The Balaban J connectivity index is 1.51. The summed E-state index contributed by atoms with van der Waals surface area (Å²) in [5.41, 5.74) is 1.06. The maximum absolute atomic E-state index is 13.8. The molecule has 4 rings (SSSR count). The maximum Gasteiger partial charge on any atom is 0.414 e. The highest BCUT2D eigenvalue weighted by Crippen LogP contribution is 2.27. The molecule has 2 aromatic carbocycles. The Bertz CT molecular complexity index is 914. The minimum Gasteiger partial charge on any atom is -0.442 e. The van der Waals surface area contributed by atoms with Gasteiger partial charge in [-0.2, -0.15) is 0 Å². The predicted molar refractivity (Wildman–Crippen MR) is 98.5 cm³/mol. The highest BCUT2D eigenvalue weighted by atomic mass is 127. The fourth-order valence-corrected chi connectivity index (χ4v) is 3.42. The van der Waals surface area contributed by atoms with Gasteiger partial charge < -0.3 is 4.74 Å². The zero-order valence-corrected chi connectivity index (χ0v) is 15.5. The summed E-state index contributed by atoms with van der Waals surface area (Å²) in [6.45, 7) is 0.0910. The monoisotopic (exact) mass is 466 g/mol. The number of hydrogen-bond donors (Lipinski definition) is 0. The Kier molecular flexibility index (Phi) is 4.14. The Labute approximate surface area is 161 Å². The van der Waals surface area contributed by atoms with Crippen LogP contribution in [-0.4, -0.2) is 42.0 Å². The van der Waals surface area contributed by atoms with E-state index < -0.39 is 29.8 Å². The zero-order valence-electron chi connectivity index (χ0n) is 13.3. The normalized spacial score (nSPS) is 19.2. The highest BCUT2D eigenvalue weighted by Gasteiger charge is 2.40. The molecular weight excluding hydrogens is 454 g/mol. The molecular formula is C18H12FIN2O4. The van der Waals surface area contributed by atoms with E-state index in [4.69, 9.17) is 4.74 Å². The third-order valence-corrected chi connectivity index (χ3v) is 5.23. The number of amides is 3. The van der Waals surface area contributed by atoms with Crippen LogP contribution in [0.5, 0.6) is 0 Å². The number of carbonyl (C=O) groups is 3. The number of rotatable bonds is 3. The van der Waals surface area contributed by atoms with Crippen molar-refractivity contribution in [2.75, 3.05) is 18.0 Å². The molecule has 8 heteroatoms. The standard InChI is InChI=1S/C18H12FIN2O4/c19-14-7-10(5-6-15(14)20)21-8-11(26-18(21)25)9-22-16(23)12-3-1-2-4-13(12)17(22)24/h1-7,11H,8-9H2/t11-/m1/s1. The van der Waals surface area contributed by atoms with Crippen molar-refractivity contribution in [3.63, 3.8) is 0 Å². The quantitative estimate of drug-likeness (QED) is 0.516. The summed E-state index contributed by atoms with van der Waals surface area (Å²) >= 11 is 1.86. The summed E-state index contributed by atoms with van der Waals surface area (Å²) in [6.07, 6.45) is -1.31. The molecule has 3 amide bonds. The summed E-state index contributed by atoms with van der Waals surface area (Å²) in [5.74, 6) is -1.24. The Hall–Kier alpha value is -2.49. The minimum atomic E-state index is -0.674.